The summed E-state index contributed by atoms with van der Waals surface area (Å²) < 4.78 is 0. The van der Waals surface area contributed by atoms with Crippen molar-refractivity contribution >= 4 is 18.2 Å². The van der Waals surface area contributed by atoms with Crippen LogP contribution in [0.1, 0.15) is 39.9 Å². The summed E-state index contributed by atoms with van der Waals surface area (Å²) in [6, 6.07) is 4.18. The lowest BCUT2D eigenvalue weighted by Gasteiger charge is -2.19. The number of aryl methyl sites for hydroxylation is 1. The molecule has 0 bridgehead atoms. The monoisotopic (exact) mass is 301 g/mol. The second-order valence-electron chi connectivity index (χ2n) is 5.35. The van der Waals surface area contributed by atoms with E-state index in [4.69, 9.17) is 11.5 Å². The molecule has 0 aromatic heterocycles. The Hall–Kier alpha value is -2.37. The van der Waals surface area contributed by atoms with Gasteiger partial charge in [0.25, 0.3) is 0 Å². The van der Waals surface area contributed by atoms with E-state index >= 15 is 0 Å². The lowest BCUT2D eigenvalue weighted by Crippen LogP contribution is -2.41. The van der Waals surface area contributed by atoms with Gasteiger partial charge in [-0.15, -0.1) is 0 Å². The summed E-state index contributed by atoms with van der Waals surface area (Å²) in [6.45, 7) is 0.495. The maximum atomic E-state index is 11.5. The highest BCUT2D eigenvalue weighted by Crippen LogP contribution is 2.26. The highest BCUT2D eigenvalue weighted by Gasteiger charge is 2.15. The number of aliphatic imine (C=N–C) groups is 2. The molecule has 0 radical (unpaired) electrons. The predicted molar refractivity (Wildman–Crippen MR) is 89.3 cm³/mol. The van der Waals surface area contributed by atoms with Crippen LogP contribution in [-0.4, -0.2) is 31.8 Å². The quantitative estimate of drug-likeness (QED) is 0.434. The molecule has 1 aromatic rings. The second kappa shape index (κ2) is 7.59. The van der Waals surface area contributed by atoms with Gasteiger partial charge in [0.2, 0.25) is 0 Å². The first-order valence-corrected chi connectivity index (χ1v) is 7.53. The molecule has 1 aliphatic carbocycles. The minimum absolute atomic E-state index is 0.226. The fourth-order valence-electron chi connectivity index (χ4n) is 2.79. The number of fused-ring (bicyclic) bond motifs is 1. The smallest absolute Gasteiger partial charge is 0.195 e. The Morgan fingerprint density at radius 2 is 2.05 bits per heavy atom. The summed E-state index contributed by atoms with van der Waals surface area (Å²) in [5, 5.41) is 2.68. The normalized spacial score (nSPS) is 15.3. The van der Waals surface area contributed by atoms with Gasteiger partial charge in [-0.05, 0) is 48.8 Å². The third kappa shape index (κ3) is 3.84. The minimum atomic E-state index is 0.226. The van der Waals surface area contributed by atoms with E-state index in [1.165, 1.54) is 17.5 Å². The highest BCUT2D eigenvalue weighted by atomic mass is 16.1. The lowest BCUT2D eigenvalue weighted by atomic mass is 9.86. The SMILES string of the molecule is CN=C(N)NC(N)=NCCc1ccc2c(c1C=O)CCCC2. The molecule has 0 amide bonds. The van der Waals surface area contributed by atoms with Gasteiger partial charge in [0.05, 0.1) is 0 Å². The number of nitrogens with zero attached hydrogens (tertiary/aromatic N) is 2. The van der Waals surface area contributed by atoms with Crippen LogP contribution in [0.15, 0.2) is 22.1 Å². The van der Waals surface area contributed by atoms with Gasteiger partial charge in [0.15, 0.2) is 18.2 Å². The fraction of sp³-hybridized carbons (Fsp3) is 0.438. The average Bonchev–Trinajstić information content (AvgIpc) is 2.54. The zero-order chi connectivity index (χ0) is 15.9. The maximum Gasteiger partial charge on any atom is 0.195 e. The molecule has 0 heterocycles. The first-order valence-electron chi connectivity index (χ1n) is 7.53. The Kier molecular flexibility index (Phi) is 5.52. The van der Waals surface area contributed by atoms with E-state index in [0.29, 0.717) is 13.0 Å². The first-order chi connectivity index (χ1) is 10.7. The number of carbonyl (C=O) groups excluding carboxylic acids is 1. The number of nitrogens with one attached hydrogen (secondary N) is 1. The van der Waals surface area contributed by atoms with E-state index in [1.807, 2.05) is 6.07 Å². The molecule has 0 unspecified atom stereocenters. The van der Waals surface area contributed by atoms with E-state index in [9.17, 15) is 4.79 Å². The van der Waals surface area contributed by atoms with Crippen molar-refractivity contribution in [1.29, 1.82) is 0 Å². The molecule has 1 aliphatic rings. The van der Waals surface area contributed by atoms with Gasteiger partial charge < -0.3 is 11.5 Å². The van der Waals surface area contributed by atoms with Crippen LogP contribution in [0.2, 0.25) is 0 Å². The van der Waals surface area contributed by atoms with Crippen LogP contribution < -0.4 is 16.8 Å². The van der Waals surface area contributed by atoms with Gasteiger partial charge in [0, 0.05) is 19.2 Å². The van der Waals surface area contributed by atoms with Gasteiger partial charge in [-0.3, -0.25) is 20.1 Å². The van der Waals surface area contributed by atoms with E-state index in [0.717, 1.165) is 36.7 Å². The fourth-order valence-corrected chi connectivity index (χ4v) is 2.79. The molecule has 0 saturated carbocycles. The molecule has 1 aromatic carbocycles. The van der Waals surface area contributed by atoms with Crippen molar-refractivity contribution in [2.24, 2.45) is 21.5 Å². The molecule has 6 heteroatoms. The van der Waals surface area contributed by atoms with Gasteiger partial charge in [-0.2, -0.15) is 0 Å². The molecule has 2 rings (SSSR count). The summed E-state index contributed by atoms with van der Waals surface area (Å²) in [7, 11) is 1.57. The van der Waals surface area contributed by atoms with Gasteiger partial charge in [-0.1, -0.05) is 12.1 Å². The van der Waals surface area contributed by atoms with Crippen molar-refractivity contribution in [2.75, 3.05) is 13.6 Å². The molecule has 0 saturated heterocycles. The highest BCUT2D eigenvalue weighted by molar-refractivity contribution is 5.96. The molecule has 118 valence electrons. The molecular formula is C16H23N5O. The first kappa shape index (κ1) is 16.0. The van der Waals surface area contributed by atoms with Crippen molar-refractivity contribution < 1.29 is 4.79 Å². The molecule has 0 atom stereocenters. The zero-order valence-corrected chi connectivity index (χ0v) is 12.9. The van der Waals surface area contributed by atoms with Crippen molar-refractivity contribution in [3.8, 4) is 0 Å². The average molecular weight is 301 g/mol. The summed E-state index contributed by atoms with van der Waals surface area (Å²) in [5.41, 5.74) is 15.6. The van der Waals surface area contributed by atoms with Gasteiger partial charge in [0.1, 0.15) is 0 Å². The molecule has 22 heavy (non-hydrogen) atoms. The molecule has 0 spiro atoms. The van der Waals surface area contributed by atoms with Crippen molar-refractivity contribution in [1.82, 2.24) is 5.32 Å². The third-order valence-corrected chi connectivity index (χ3v) is 3.95. The standard InChI is InChI=1S/C16H23N5O/c1-19-15(17)21-16(18)20-9-8-12-7-6-11-4-2-3-5-13(11)14(12)10-22/h6-7,10H,2-5,8-9H2,1H3,(H5,17,18,19,20,21). The summed E-state index contributed by atoms with van der Waals surface area (Å²) >= 11 is 0. The van der Waals surface area contributed by atoms with Crippen molar-refractivity contribution in [3.05, 3.63) is 34.4 Å². The molecule has 5 N–H and O–H groups in total. The zero-order valence-electron chi connectivity index (χ0n) is 12.9. The van der Waals surface area contributed by atoms with Crippen LogP contribution in [0, 0.1) is 0 Å². The third-order valence-electron chi connectivity index (χ3n) is 3.95. The van der Waals surface area contributed by atoms with Crippen LogP contribution >= 0.6 is 0 Å². The van der Waals surface area contributed by atoms with Crippen LogP contribution in [0.25, 0.3) is 0 Å². The Morgan fingerprint density at radius 1 is 1.27 bits per heavy atom. The molecule has 0 fully saturated rings. The Labute approximate surface area is 130 Å². The minimum Gasteiger partial charge on any atom is -0.370 e. The Bertz CT molecular complexity index is 607. The molecule has 0 aliphatic heterocycles. The van der Waals surface area contributed by atoms with E-state index in [-0.39, 0.29) is 11.9 Å². The molecule has 6 nitrogen and oxygen atoms in total. The van der Waals surface area contributed by atoms with E-state index in [2.05, 4.69) is 21.4 Å². The van der Waals surface area contributed by atoms with E-state index in [1.54, 1.807) is 7.05 Å². The van der Waals surface area contributed by atoms with Crippen LogP contribution in [-0.2, 0) is 19.3 Å². The Balaban J connectivity index is 2.07. The van der Waals surface area contributed by atoms with Crippen molar-refractivity contribution in [3.63, 3.8) is 0 Å². The number of guanidine groups is 2. The molecular weight excluding hydrogens is 278 g/mol. The maximum absolute atomic E-state index is 11.5. The van der Waals surface area contributed by atoms with Crippen LogP contribution in [0.4, 0.5) is 0 Å². The van der Waals surface area contributed by atoms with E-state index < -0.39 is 0 Å². The predicted octanol–water partition coefficient (Wildman–Crippen LogP) is 0.769. The number of hydrogen-bond donors (Lipinski definition) is 3. The van der Waals surface area contributed by atoms with Crippen LogP contribution in [0.3, 0.4) is 0 Å². The number of benzene rings is 1. The van der Waals surface area contributed by atoms with Gasteiger partial charge in [-0.25, -0.2) is 0 Å². The Morgan fingerprint density at radius 3 is 2.77 bits per heavy atom. The second-order valence-corrected chi connectivity index (χ2v) is 5.35. The number of hydrogen-bond acceptors (Lipinski definition) is 3. The number of aldehydes is 1. The lowest BCUT2D eigenvalue weighted by molar-refractivity contribution is 0.112. The summed E-state index contributed by atoms with van der Waals surface area (Å²) in [4.78, 5) is 19.4. The topological polar surface area (TPSA) is 106 Å². The van der Waals surface area contributed by atoms with Crippen LogP contribution in [0.5, 0.6) is 0 Å². The summed E-state index contributed by atoms with van der Waals surface area (Å²) in [6.07, 6.45) is 6.08. The number of carbonyl (C=O) groups is 1. The summed E-state index contributed by atoms with van der Waals surface area (Å²) in [5.74, 6) is 0.456. The van der Waals surface area contributed by atoms with Crippen molar-refractivity contribution in [2.45, 2.75) is 32.1 Å². The largest absolute Gasteiger partial charge is 0.370 e. The van der Waals surface area contributed by atoms with Gasteiger partial charge >= 0.3 is 0 Å². The number of nitrogens with two attached hydrogens (primary N) is 2. The number of rotatable bonds is 4.